The van der Waals surface area contributed by atoms with E-state index in [0.717, 1.165) is 24.9 Å². The second-order valence-electron chi connectivity index (χ2n) is 4.34. The van der Waals surface area contributed by atoms with Crippen LogP contribution in [0.25, 0.3) is 0 Å². The number of rotatable bonds is 6. The predicted molar refractivity (Wildman–Crippen MR) is 68.2 cm³/mol. The van der Waals surface area contributed by atoms with Crippen molar-refractivity contribution < 1.29 is 9.13 Å². The highest BCUT2D eigenvalue weighted by atomic mass is 35.5. The Morgan fingerprint density at radius 3 is 2.76 bits per heavy atom. The lowest BCUT2D eigenvalue weighted by atomic mass is 10.2. The average molecular weight is 258 g/mol. The Hall–Kier alpha value is -0.800. The van der Waals surface area contributed by atoms with E-state index < -0.39 is 0 Å². The summed E-state index contributed by atoms with van der Waals surface area (Å²) in [6.07, 6.45) is 2.28. The molecule has 0 spiro atoms. The van der Waals surface area contributed by atoms with Crippen LogP contribution in [0.1, 0.15) is 18.4 Å². The molecular formula is C13H17ClFNO. The zero-order valence-electron chi connectivity index (χ0n) is 9.96. The van der Waals surface area contributed by atoms with Gasteiger partial charge in [0.2, 0.25) is 0 Å². The van der Waals surface area contributed by atoms with Gasteiger partial charge >= 0.3 is 0 Å². The molecule has 94 valence electrons. The number of hydrogen-bond donors (Lipinski definition) is 0. The zero-order chi connectivity index (χ0) is 12.3. The van der Waals surface area contributed by atoms with Crippen LogP contribution in [-0.2, 0) is 10.6 Å². The van der Waals surface area contributed by atoms with E-state index in [0.29, 0.717) is 24.2 Å². The van der Waals surface area contributed by atoms with Crippen LogP contribution < -0.4 is 4.90 Å². The van der Waals surface area contributed by atoms with E-state index in [1.165, 1.54) is 6.07 Å². The van der Waals surface area contributed by atoms with Crippen molar-refractivity contribution in [2.24, 2.45) is 0 Å². The van der Waals surface area contributed by atoms with Gasteiger partial charge in [0.15, 0.2) is 0 Å². The van der Waals surface area contributed by atoms with Crippen LogP contribution in [0.4, 0.5) is 10.1 Å². The van der Waals surface area contributed by atoms with Gasteiger partial charge in [0.05, 0.1) is 12.3 Å². The second-order valence-corrected chi connectivity index (χ2v) is 4.60. The number of ether oxygens (including phenoxy) is 1. The van der Waals surface area contributed by atoms with Crippen LogP contribution in [0.3, 0.4) is 0 Å². The molecule has 0 N–H and O–H groups in total. The minimum absolute atomic E-state index is 0.189. The minimum Gasteiger partial charge on any atom is -0.383 e. The summed E-state index contributed by atoms with van der Waals surface area (Å²) < 4.78 is 19.0. The Kier molecular flexibility index (Phi) is 4.24. The van der Waals surface area contributed by atoms with E-state index in [9.17, 15) is 4.39 Å². The van der Waals surface area contributed by atoms with Crippen molar-refractivity contribution in [1.82, 2.24) is 0 Å². The summed E-state index contributed by atoms with van der Waals surface area (Å²) in [5, 5.41) is 0. The molecule has 1 aliphatic rings. The summed E-state index contributed by atoms with van der Waals surface area (Å²) >= 11 is 5.69. The molecule has 1 aliphatic carbocycles. The third-order valence-corrected chi connectivity index (χ3v) is 3.31. The maximum atomic E-state index is 14.0. The van der Waals surface area contributed by atoms with Crippen molar-refractivity contribution in [3.05, 3.63) is 29.6 Å². The van der Waals surface area contributed by atoms with E-state index in [2.05, 4.69) is 4.90 Å². The summed E-state index contributed by atoms with van der Waals surface area (Å²) in [7, 11) is 1.66. The molecule has 0 saturated heterocycles. The molecule has 1 aromatic carbocycles. The van der Waals surface area contributed by atoms with E-state index in [-0.39, 0.29) is 5.82 Å². The second kappa shape index (κ2) is 5.69. The van der Waals surface area contributed by atoms with E-state index in [1.54, 1.807) is 7.11 Å². The summed E-state index contributed by atoms with van der Waals surface area (Å²) in [4.78, 5) is 2.09. The molecular weight excluding hydrogens is 241 g/mol. The van der Waals surface area contributed by atoms with Crippen LogP contribution in [0.5, 0.6) is 0 Å². The molecule has 0 aliphatic heterocycles. The molecule has 0 radical (unpaired) electrons. The van der Waals surface area contributed by atoms with Gasteiger partial charge in [0.25, 0.3) is 0 Å². The number of nitrogens with zero attached hydrogens (tertiary/aromatic N) is 1. The van der Waals surface area contributed by atoms with Crippen LogP contribution in [0.2, 0.25) is 0 Å². The molecule has 1 saturated carbocycles. The number of hydrogen-bond acceptors (Lipinski definition) is 2. The molecule has 0 unspecified atom stereocenters. The number of anilines is 1. The fraction of sp³-hybridized carbons (Fsp3) is 0.538. The molecule has 0 atom stereocenters. The molecule has 4 heteroatoms. The lowest BCUT2D eigenvalue weighted by Gasteiger charge is -2.25. The maximum Gasteiger partial charge on any atom is 0.146 e. The van der Waals surface area contributed by atoms with Crippen molar-refractivity contribution in [2.75, 3.05) is 25.2 Å². The molecule has 0 bridgehead atoms. The smallest absolute Gasteiger partial charge is 0.146 e. The van der Waals surface area contributed by atoms with Gasteiger partial charge in [0.1, 0.15) is 5.82 Å². The highest BCUT2D eigenvalue weighted by Gasteiger charge is 2.30. The van der Waals surface area contributed by atoms with E-state index in [1.807, 2.05) is 12.1 Å². The average Bonchev–Trinajstić information content (AvgIpc) is 3.15. The van der Waals surface area contributed by atoms with Crippen molar-refractivity contribution in [3.63, 3.8) is 0 Å². The quantitative estimate of drug-likeness (QED) is 0.726. The van der Waals surface area contributed by atoms with Crippen molar-refractivity contribution in [1.29, 1.82) is 0 Å². The topological polar surface area (TPSA) is 12.5 Å². The third-order valence-electron chi connectivity index (χ3n) is 3.00. The standard InChI is InChI=1S/C13H17ClFNO/c1-17-7-6-16(11-3-4-11)13-5-2-10(9-14)8-12(13)15/h2,5,8,11H,3-4,6-7,9H2,1H3. The first-order valence-corrected chi connectivity index (χ1v) is 6.39. The van der Waals surface area contributed by atoms with Gasteiger partial charge in [-0.25, -0.2) is 4.39 Å². The molecule has 0 amide bonds. The molecule has 0 aromatic heterocycles. The fourth-order valence-electron chi connectivity index (χ4n) is 1.94. The first kappa shape index (κ1) is 12.7. The number of benzene rings is 1. The lowest BCUT2D eigenvalue weighted by Crippen LogP contribution is -2.30. The molecule has 1 aromatic rings. The van der Waals surface area contributed by atoms with Crippen molar-refractivity contribution >= 4 is 17.3 Å². The summed E-state index contributed by atoms with van der Waals surface area (Å²) in [6.45, 7) is 1.35. The van der Waals surface area contributed by atoms with Gasteiger partial charge in [0, 0.05) is 25.6 Å². The molecule has 0 heterocycles. The lowest BCUT2D eigenvalue weighted by molar-refractivity contribution is 0.204. The molecule has 2 rings (SSSR count). The van der Waals surface area contributed by atoms with Gasteiger partial charge in [-0.05, 0) is 30.5 Å². The van der Waals surface area contributed by atoms with Crippen LogP contribution in [-0.4, -0.2) is 26.3 Å². The number of halogens is 2. The van der Waals surface area contributed by atoms with Crippen LogP contribution in [0.15, 0.2) is 18.2 Å². The first-order valence-electron chi connectivity index (χ1n) is 5.86. The summed E-state index contributed by atoms with van der Waals surface area (Å²) in [5.74, 6) is 0.157. The molecule has 2 nitrogen and oxygen atoms in total. The first-order chi connectivity index (χ1) is 8.26. The van der Waals surface area contributed by atoms with Gasteiger partial charge in [-0.1, -0.05) is 6.07 Å². The highest BCUT2D eigenvalue weighted by Crippen LogP contribution is 2.33. The fourth-order valence-corrected chi connectivity index (χ4v) is 2.11. The van der Waals surface area contributed by atoms with Crippen molar-refractivity contribution in [3.8, 4) is 0 Å². The SMILES string of the molecule is COCCN(c1ccc(CCl)cc1F)C1CC1. The number of methoxy groups -OCH3 is 1. The molecule has 1 fully saturated rings. The van der Waals surface area contributed by atoms with Crippen LogP contribution in [0, 0.1) is 5.82 Å². The Morgan fingerprint density at radius 1 is 1.47 bits per heavy atom. The Labute approximate surface area is 106 Å². The van der Waals surface area contributed by atoms with Crippen molar-refractivity contribution in [2.45, 2.75) is 24.8 Å². The Bertz CT molecular complexity index is 382. The highest BCUT2D eigenvalue weighted by molar-refractivity contribution is 6.17. The Morgan fingerprint density at radius 2 is 2.24 bits per heavy atom. The van der Waals surface area contributed by atoms with Gasteiger partial charge < -0.3 is 9.64 Å². The van der Waals surface area contributed by atoms with Gasteiger partial charge in [-0.2, -0.15) is 0 Å². The van der Waals surface area contributed by atoms with Gasteiger partial charge in [-0.15, -0.1) is 11.6 Å². The predicted octanol–water partition coefficient (Wildman–Crippen LogP) is 3.18. The van der Waals surface area contributed by atoms with E-state index in [4.69, 9.17) is 16.3 Å². The number of alkyl halides is 1. The van der Waals surface area contributed by atoms with Crippen LogP contribution >= 0.6 is 11.6 Å². The summed E-state index contributed by atoms with van der Waals surface area (Å²) in [6, 6.07) is 5.69. The maximum absolute atomic E-state index is 14.0. The van der Waals surface area contributed by atoms with Gasteiger partial charge in [-0.3, -0.25) is 0 Å². The van der Waals surface area contributed by atoms with E-state index >= 15 is 0 Å². The molecule has 17 heavy (non-hydrogen) atoms. The monoisotopic (exact) mass is 257 g/mol. The zero-order valence-corrected chi connectivity index (χ0v) is 10.7. The third kappa shape index (κ3) is 3.11. The minimum atomic E-state index is -0.189. The Balaban J connectivity index is 2.16. The largest absolute Gasteiger partial charge is 0.383 e. The summed E-state index contributed by atoms with van der Waals surface area (Å²) in [5.41, 5.74) is 1.48. The normalized spacial score (nSPS) is 15.0.